The Bertz CT molecular complexity index is 846. The molecule has 4 nitrogen and oxygen atoms in total. The van der Waals surface area contributed by atoms with Crippen LogP contribution in [0.15, 0.2) is 40.2 Å². The van der Waals surface area contributed by atoms with Crippen molar-refractivity contribution in [1.82, 2.24) is 9.88 Å². The smallest absolute Gasteiger partial charge is 0.264 e. The summed E-state index contributed by atoms with van der Waals surface area (Å²) in [5.74, 6) is -0.0942. The Balaban J connectivity index is 1.89. The van der Waals surface area contributed by atoms with Gasteiger partial charge in [0.1, 0.15) is 0 Å². The number of nitrogens with zero attached hydrogens (tertiary/aromatic N) is 2. The van der Waals surface area contributed by atoms with Crippen LogP contribution in [0.25, 0.3) is 6.08 Å². The first-order chi connectivity index (χ1) is 11.0. The second kappa shape index (κ2) is 6.08. The van der Waals surface area contributed by atoms with Crippen LogP contribution in [-0.2, 0) is 11.8 Å². The van der Waals surface area contributed by atoms with Gasteiger partial charge in [-0.15, -0.1) is 0 Å². The number of hydrogen-bond acceptors (Lipinski definition) is 3. The monoisotopic (exact) mass is 325 g/mol. The molecule has 0 bridgehead atoms. The largest absolute Gasteiger partial charge is 0.352 e. The average molecular weight is 325 g/mol. The third-order valence-corrected chi connectivity index (χ3v) is 5.00. The molecule has 1 aliphatic rings. The molecule has 5 heteroatoms. The molecule has 1 saturated heterocycles. The fourth-order valence-corrected chi connectivity index (χ4v) is 3.28. The molecule has 23 heavy (non-hydrogen) atoms. The number of carbonyl (C=O) groups excluding carboxylic acids is 1. The molecule has 0 saturated carbocycles. The van der Waals surface area contributed by atoms with E-state index < -0.39 is 0 Å². The maximum atomic E-state index is 12.2. The van der Waals surface area contributed by atoms with Gasteiger partial charge in [-0.1, -0.05) is 18.2 Å². The molecule has 118 valence electrons. The van der Waals surface area contributed by atoms with Gasteiger partial charge < -0.3 is 9.88 Å². The number of benzene rings is 1. The Kier molecular flexibility index (Phi) is 4.13. The van der Waals surface area contributed by atoms with Gasteiger partial charge in [-0.2, -0.15) is 0 Å². The topological polar surface area (TPSA) is 46.4 Å². The molecule has 1 N–H and O–H groups in total. The van der Waals surface area contributed by atoms with E-state index >= 15 is 0 Å². The highest BCUT2D eigenvalue weighted by atomic mass is 32.2. The molecule has 1 aliphatic heterocycles. The summed E-state index contributed by atoms with van der Waals surface area (Å²) in [5, 5.41) is 3.47. The summed E-state index contributed by atoms with van der Waals surface area (Å²) in [6.07, 6.45) is 1.93. The molecule has 0 aliphatic carbocycles. The summed E-state index contributed by atoms with van der Waals surface area (Å²) in [6, 6.07) is 9.97. The van der Waals surface area contributed by atoms with Crippen LogP contribution in [0.1, 0.15) is 22.5 Å². The summed E-state index contributed by atoms with van der Waals surface area (Å²) in [4.78, 5) is 17.4. The standard InChI is InChI=1S/C18H19N3OS/c1-11-7-5-6-8-15(11)19-18-20-17(22)16(23-18)10-14-9-12(2)21(4)13(14)3/h5-10H,1-4H3,(H,19,20,22)/b16-10-. The van der Waals surface area contributed by atoms with Crippen molar-refractivity contribution in [2.75, 3.05) is 0 Å². The minimum Gasteiger partial charge on any atom is -0.352 e. The zero-order valence-corrected chi connectivity index (χ0v) is 14.5. The number of aliphatic imine (C=N–C) groups is 1. The van der Waals surface area contributed by atoms with E-state index in [0.29, 0.717) is 10.1 Å². The molecular formula is C18H19N3OS. The number of carbonyl (C=O) groups is 1. The Morgan fingerprint density at radius 1 is 1.22 bits per heavy atom. The molecule has 0 spiro atoms. The van der Waals surface area contributed by atoms with Gasteiger partial charge in [-0.05, 0) is 61.9 Å². The van der Waals surface area contributed by atoms with Gasteiger partial charge in [0, 0.05) is 18.4 Å². The number of thioether (sulfide) groups is 1. The predicted octanol–water partition coefficient (Wildman–Crippen LogP) is 3.84. The van der Waals surface area contributed by atoms with Crippen molar-refractivity contribution < 1.29 is 4.79 Å². The Morgan fingerprint density at radius 3 is 2.61 bits per heavy atom. The highest BCUT2D eigenvalue weighted by Gasteiger charge is 2.24. The van der Waals surface area contributed by atoms with Gasteiger partial charge in [0.15, 0.2) is 5.17 Å². The third kappa shape index (κ3) is 3.10. The van der Waals surface area contributed by atoms with E-state index in [1.54, 1.807) is 0 Å². The number of amides is 1. The number of hydrogen-bond donors (Lipinski definition) is 1. The first kappa shape index (κ1) is 15.6. The van der Waals surface area contributed by atoms with E-state index in [-0.39, 0.29) is 5.91 Å². The Hall–Kier alpha value is -2.27. The first-order valence-corrected chi connectivity index (χ1v) is 8.25. The SMILES string of the molecule is Cc1ccccc1N=C1NC(=O)/C(=C/c2cc(C)n(C)c2C)S1. The highest BCUT2D eigenvalue weighted by molar-refractivity contribution is 8.18. The van der Waals surface area contributed by atoms with E-state index in [1.807, 2.05) is 44.3 Å². The van der Waals surface area contributed by atoms with Crippen molar-refractivity contribution in [2.24, 2.45) is 12.0 Å². The molecule has 2 heterocycles. The van der Waals surface area contributed by atoms with Gasteiger partial charge in [0.2, 0.25) is 0 Å². The van der Waals surface area contributed by atoms with Crippen molar-refractivity contribution >= 4 is 34.6 Å². The minimum absolute atomic E-state index is 0.0942. The van der Waals surface area contributed by atoms with Crippen LogP contribution in [0.3, 0.4) is 0 Å². The Morgan fingerprint density at radius 2 is 1.96 bits per heavy atom. The molecule has 0 atom stereocenters. The van der Waals surface area contributed by atoms with Crippen LogP contribution in [0.5, 0.6) is 0 Å². The summed E-state index contributed by atoms with van der Waals surface area (Å²) >= 11 is 1.38. The van der Waals surface area contributed by atoms with Gasteiger partial charge in [-0.25, -0.2) is 4.99 Å². The maximum absolute atomic E-state index is 12.2. The van der Waals surface area contributed by atoms with Gasteiger partial charge >= 0.3 is 0 Å². The van der Waals surface area contributed by atoms with Crippen LogP contribution in [0.4, 0.5) is 5.69 Å². The number of para-hydroxylation sites is 1. The van der Waals surface area contributed by atoms with Crippen LogP contribution >= 0.6 is 11.8 Å². The minimum atomic E-state index is -0.0942. The summed E-state index contributed by atoms with van der Waals surface area (Å²) in [5.41, 5.74) is 5.35. The number of rotatable bonds is 2. The molecule has 0 unspecified atom stereocenters. The fourth-order valence-electron chi connectivity index (χ4n) is 2.45. The lowest BCUT2D eigenvalue weighted by Gasteiger charge is -2.00. The highest BCUT2D eigenvalue weighted by Crippen LogP contribution is 2.30. The number of aryl methyl sites for hydroxylation is 2. The second-order valence-electron chi connectivity index (χ2n) is 5.65. The normalized spacial score (nSPS) is 18.0. The maximum Gasteiger partial charge on any atom is 0.264 e. The number of aromatic nitrogens is 1. The lowest BCUT2D eigenvalue weighted by atomic mass is 10.2. The zero-order chi connectivity index (χ0) is 16.6. The van der Waals surface area contributed by atoms with Crippen molar-refractivity contribution in [3.63, 3.8) is 0 Å². The van der Waals surface area contributed by atoms with Crippen LogP contribution in [-0.4, -0.2) is 15.6 Å². The van der Waals surface area contributed by atoms with Crippen LogP contribution < -0.4 is 5.32 Å². The quantitative estimate of drug-likeness (QED) is 0.853. The number of nitrogens with one attached hydrogen (secondary N) is 1. The van der Waals surface area contributed by atoms with Crippen molar-refractivity contribution in [2.45, 2.75) is 20.8 Å². The van der Waals surface area contributed by atoms with E-state index in [2.05, 4.69) is 34.8 Å². The molecule has 2 aromatic rings. The predicted molar refractivity (Wildman–Crippen MR) is 96.9 cm³/mol. The molecule has 3 rings (SSSR count). The molecule has 1 aromatic heterocycles. The summed E-state index contributed by atoms with van der Waals surface area (Å²) in [7, 11) is 2.03. The summed E-state index contributed by atoms with van der Waals surface area (Å²) < 4.78 is 2.12. The van der Waals surface area contributed by atoms with Crippen LogP contribution in [0, 0.1) is 20.8 Å². The van der Waals surface area contributed by atoms with Crippen molar-refractivity contribution in [1.29, 1.82) is 0 Å². The van der Waals surface area contributed by atoms with E-state index in [0.717, 1.165) is 22.5 Å². The molecule has 1 fully saturated rings. The van der Waals surface area contributed by atoms with E-state index in [1.165, 1.54) is 17.5 Å². The molecule has 0 radical (unpaired) electrons. The third-order valence-electron chi connectivity index (χ3n) is 4.09. The van der Waals surface area contributed by atoms with Crippen molar-refractivity contribution in [3.05, 3.63) is 57.8 Å². The molecule has 1 aromatic carbocycles. The number of amidine groups is 1. The van der Waals surface area contributed by atoms with Crippen LogP contribution in [0.2, 0.25) is 0 Å². The molecule has 1 amide bonds. The second-order valence-corrected chi connectivity index (χ2v) is 6.68. The Labute approximate surface area is 140 Å². The molecular weight excluding hydrogens is 306 g/mol. The fraction of sp³-hybridized carbons (Fsp3) is 0.222. The van der Waals surface area contributed by atoms with Gasteiger partial charge in [0.25, 0.3) is 5.91 Å². The van der Waals surface area contributed by atoms with Gasteiger partial charge in [-0.3, -0.25) is 4.79 Å². The van der Waals surface area contributed by atoms with E-state index in [9.17, 15) is 4.79 Å². The zero-order valence-electron chi connectivity index (χ0n) is 13.7. The van der Waals surface area contributed by atoms with E-state index in [4.69, 9.17) is 0 Å². The summed E-state index contributed by atoms with van der Waals surface area (Å²) in [6.45, 7) is 6.12. The lowest BCUT2D eigenvalue weighted by Crippen LogP contribution is -2.19. The average Bonchev–Trinajstić information content (AvgIpc) is 2.97. The van der Waals surface area contributed by atoms with Crippen molar-refractivity contribution in [3.8, 4) is 0 Å². The van der Waals surface area contributed by atoms with Gasteiger partial charge in [0.05, 0.1) is 10.6 Å². The lowest BCUT2D eigenvalue weighted by molar-refractivity contribution is -0.115. The first-order valence-electron chi connectivity index (χ1n) is 7.44.